The first-order chi connectivity index (χ1) is 8.80. The highest BCUT2D eigenvalue weighted by Gasteiger charge is 2.14. The van der Waals surface area contributed by atoms with Gasteiger partial charge < -0.3 is 0 Å². The van der Waals surface area contributed by atoms with Crippen LogP contribution in [-0.4, -0.2) is 18.2 Å². The van der Waals surface area contributed by atoms with Crippen LogP contribution in [0.15, 0.2) is 50.3 Å². The predicted octanol–water partition coefficient (Wildman–Crippen LogP) is 1.83. The second-order valence-corrected chi connectivity index (χ2v) is 3.55. The van der Waals surface area contributed by atoms with Gasteiger partial charge >= 0.3 is 0 Å². The first-order valence-corrected chi connectivity index (χ1v) is 5.05. The summed E-state index contributed by atoms with van der Waals surface area (Å²) >= 11 is 0. The summed E-state index contributed by atoms with van der Waals surface area (Å²) in [4.78, 5) is 40.3. The number of rotatable bonds is 3. The Hall–Kier alpha value is -2.64. The SMILES string of the molecule is O=C=NC=C1CC(=CN=C=O)CC(=CN=C=O)C1. The molecule has 1 aliphatic rings. The normalized spacial score (nSPS) is 13.7. The number of isocyanates is 3. The van der Waals surface area contributed by atoms with E-state index < -0.39 is 0 Å². The molecule has 0 aromatic carbocycles. The molecule has 0 unspecified atom stereocenters. The van der Waals surface area contributed by atoms with E-state index in [1.165, 1.54) is 36.8 Å². The minimum atomic E-state index is 0.554. The minimum Gasteiger partial charge on any atom is -0.211 e. The maximum Gasteiger partial charge on any atom is 0.239 e. The number of allylic oxidation sites excluding steroid dienone is 3. The summed E-state index contributed by atoms with van der Waals surface area (Å²) in [6.07, 6.45) is 10.1. The maximum atomic E-state index is 10.0. The van der Waals surface area contributed by atoms with E-state index in [0.29, 0.717) is 19.3 Å². The third-order valence-corrected chi connectivity index (χ3v) is 2.26. The fourth-order valence-corrected chi connectivity index (χ4v) is 1.69. The first kappa shape index (κ1) is 13.4. The van der Waals surface area contributed by atoms with Crippen LogP contribution >= 0.6 is 0 Å². The van der Waals surface area contributed by atoms with E-state index >= 15 is 0 Å². The molecule has 6 nitrogen and oxygen atoms in total. The van der Waals surface area contributed by atoms with Gasteiger partial charge in [0.2, 0.25) is 18.2 Å². The second-order valence-electron chi connectivity index (χ2n) is 3.55. The van der Waals surface area contributed by atoms with Crippen molar-refractivity contribution in [1.82, 2.24) is 0 Å². The van der Waals surface area contributed by atoms with Gasteiger partial charge in [-0.1, -0.05) is 0 Å². The topological polar surface area (TPSA) is 88.3 Å². The molecule has 0 saturated heterocycles. The van der Waals surface area contributed by atoms with Crippen LogP contribution in [0.3, 0.4) is 0 Å². The molecule has 0 heterocycles. The van der Waals surface area contributed by atoms with E-state index in [-0.39, 0.29) is 0 Å². The van der Waals surface area contributed by atoms with Crippen LogP contribution in [0.25, 0.3) is 0 Å². The van der Waals surface area contributed by atoms with Gasteiger partial charge in [0, 0.05) is 18.6 Å². The molecule has 6 heteroatoms. The number of hydrogen-bond acceptors (Lipinski definition) is 6. The third-order valence-electron chi connectivity index (χ3n) is 2.26. The van der Waals surface area contributed by atoms with E-state index in [1.54, 1.807) is 0 Å². The minimum absolute atomic E-state index is 0.554. The summed E-state index contributed by atoms with van der Waals surface area (Å²) in [6, 6.07) is 0. The van der Waals surface area contributed by atoms with E-state index in [9.17, 15) is 14.4 Å². The molecular weight excluding hydrogens is 234 g/mol. The Balaban J connectivity index is 3.02. The van der Waals surface area contributed by atoms with Gasteiger partial charge in [-0.3, -0.25) is 0 Å². The Morgan fingerprint density at radius 2 is 0.944 bits per heavy atom. The zero-order chi connectivity index (χ0) is 13.2. The molecule has 18 heavy (non-hydrogen) atoms. The fourth-order valence-electron chi connectivity index (χ4n) is 1.69. The molecule has 0 aromatic rings. The van der Waals surface area contributed by atoms with Crippen molar-refractivity contribution >= 4 is 18.2 Å². The lowest BCUT2D eigenvalue weighted by molar-refractivity contribution is 0.564. The van der Waals surface area contributed by atoms with Gasteiger partial charge in [-0.05, 0) is 36.0 Å². The number of hydrogen-bond donors (Lipinski definition) is 0. The van der Waals surface area contributed by atoms with Crippen LogP contribution in [0.4, 0.5) is 0 Å². The monoisotopic (exact) mass is 243 g/mol. The molecule has 0 bridgehead atoms. The summed E-state index contributed by atoms with van der Waals surface area (Å²) in [6.45, 7) is 0. The Bertz CT molecular complexity index is 460. The summed E-state index contributed by atoms with van der Waals surface area (Å²) in [7, 11) is 0. The standard InChI is InChI=1S/C12H9N3O3/c16-7-13-4-10-1-11(5-14-8-17)3-12(2-10)6-15-9-18/h4-6H,1-3H2. The molecule has 0 aromatic heterocycles. The van der Waals surface area contributed by atoms with Crippen molar-refractivity contribution in [1.29, 1.82) is 0 Å². The zero-order valence-electron chi connectivity index (χ0n) is 9.42. The predicted molar refractivity (Wildman–Crippen MR) is 62.5 cm³/mol. The largest absolute Gasteiger partial charge is 0.239 e. The van der Waals surface area contributed by atoms with Crippen molar-refractivity contribution in [2.75, 3.05) is 0 Å². The smallest absolute Gasteiger partial charge is 0.211 e. The van der Waals surface area contributed by atoms with E-state index in [2.05, 4.69) is 15.0 Å². The van der Waals surface area contributed by atoms with Gasteiger partial charge in [0.1, 0.15) is 0 Å². The van der Waals surface area contributed by atoms with Gasteiger partial charge in [0.15, 0.2) is 0 Å². The molecule has 1 aliphatic carbocycles. The second kappa shape index (κ2) is 7.60. The highest BCUT2D eigenvalue weighted by atomic mass is 16.1. The fraction of sp³-hybridized carbons (Fsp3) is 0.250. The quantitative estimate of drug-likeness (QED) is 0.559. The molecular formula is C12H9N3O3. The van der Waals surface area contributed by atoms with Gasteiger partial charge in [0.05, 0.1) is 0 Å². The highest BCUT2D eigenvalue weighted by Crippen LogP contribution is 2.32. The first-order valence-electron chi connectivity index (χ1n) is 5.05. The van der Waals surface area contributed by atoms with Gasteiger partial charge in [-0.25, -0.2) is 14.4 Å². The van der Waals surface area contributed by atoms with Crippen molar-refractivity contribution in [2.24, 2.45) is 15.0 Å². The van der Waals surface area contributed by atoms with Crippen LogP contribution in [0.2, 0.25) is 0 Å². The lowest BCUT2D eigenvalue weighted by atomic mass is 9.87. The molecule has 1 rings (SSSR count). The maximum absolute atomic E-state index is 10.0. The third kappa shape index (κ3) is 4.47. The Morgan fingerprint density at radius 3 is 1.17 bits per heavy atom. The van der Waals surface area contributed by atoms with Crippen molar-refractivity contribution in [3.8, 4) is 0 Å². The van der Waals surface area contributed by atoms with E-state index in [0.717, 1.165) is 16.7 Å². The van der Waals surface area contributed by atoms with Crippen LogP contribution in [0.1, 0.15) is 19.3 Å². The van der Waals surface area contributed by atoms with Gasteiger partial charge in [-0.15, -0.1) is 0 Å². The molecule has 0 radical (unpaired) electrons. The number of aliphatic imine (C=N–C) groups is 3. The van der Waals surface area contributed by atoms with Gasteiger partial charge in [-0.2, -0.15) is 15.0 Å². The van der Waals surface area contributed by atoms with Crippen molar-refractivity contribution in [3.63, 3.8) is 0 Å². The lowest BCUT2D eigenvalue weighted by Gasteiger charge is -2.18. The molecule has 0 amide bonds. The Morgan fingerprint density at radius 1 is 0.667 bits per heavy atom. The van der Waals surface area contributed by atoms with Crippen molar-refractivity contribution < 1.29 is 14.4 Å². The van der Waals surface area contributed by atoms with Gasteiger partial charge in [0.25, 0.3) is 0 Å². The Labute approximate surface area is 103 Å². The molecule has 0 atom stereocenters. The molecule has 0 spiro atoms. The molecule has 0 aliphatic heterocycles. The number of carbonyl (C=O) groups excluding carboxylic acids is 3. The molecule has 1 fully saturated rings. The molecule has 90 valence electrons. The van der Waals surface area contributed by atoms with Crippen molar-refractivity contribution in [3.05, 3.63) is 35.3 Å². The summed E-state index contributed by atoms with van der Waals surface area (Å²) < 4.78 is 0. The van der Waals surface area contributed by atoms with E-state index in [4.69, 9.17) is 0 Å². The Kier molecular flexibility index (Phi) is 5.67. The van der Waals surface area contributed by atoms with Crippen molar-refractivity contribution in [2.45, 2.75) is 19.3 Å². The summed E-state index contributed by atoms with van der Waals surface area (Å²) in [5.74, 6) is 0. The average Bonchev–Trinajstić information content (AvgIpc) is 2.40. The van der Waals surface area contributed by atoms with Crippen LogP contribution in [-0.2, 0) is 14.4 Å². The number of nitrogens with zero attached hydrogens (tertiary/aromatic N) is 3. The average molecular weight is 243 g/mol. The lowest BCUT2D eigenvalue weighted by Crippen LogP contribution is -2.01. The van der Waals surface area contributed by atoms with E-state index in [1.807, 2.05) is 0 Å². The zero-order valence-corrected chi connectivity index (χ0v) is 9.42. The summed E-state index contributed by atoms with van der Waals surface area (Å²) in [5.41, 5.74) is 2.55. The molecule has 1 saturated carbocycles. The highest BCUT2D eigenvalue weighted by molar-refractivity contribution is 5.40. The summed E-state index contributed by atoms with van der Waals surface area (Å²) in [5, 5.41) is 0. The van der Waals surface area contributed by atoms with Crippen LogP contribution < -0.4 is 0 Å². The molecule has 0 N–H and O–H groups in total. The van der Waals surface area contributed by atoms with Crippen LogP contribution in [0.5, 0.6) is 0 Å². The van der Waals surface area contributed by atoms with Crippen LogP contribution in [0, 0.1) is 0 Å².